The molecule has 1 saturated heterocycles. The lowest BCUT2D eigenvalue weighted by Crippen LogP contribution is -2.49. The molecule has 1 aromatic rings. The van der Waals surface area contributed by atoms with Crippen LogP contribution >= 0.6 is 0 Å². The van der Waals surface area contributed by atoms with Crippen LogP contribution in [0.4, 0.5) is 5.69 Å². The van der Waals surface area contributed by atoms with Gasteiger partial charge >= 0.3 is 0 Å². The molecule has 0 spiro atoms. The lowest BCUT2D eigenvalue weighted by atomic mass is 9.75. The number of hydrogen-bond acceptors (Lipinski definition) is 3. The zero-order chi connectivity index (χ0) is 17.3. The van der Waals surface area contributed by atoms with Crippen LogP contribution < -0.4 is 10.4 Å². The molecule has 2 N–H and O–H groups in total. The van der Waals surface area contributed by atoms with E-state index in [0.29, 0.717) is 12.1 Å². The minimum Gasteiger partial charge on any atom is -0.366 e. The Bertz CT molecular complexity index is 498. The number of hydroxylamine groups is 1. The highest BCUT2D eigenvalue weighted by molar-refractivity contribution is 5.48. The molecule has 130 valence electrons. The molecular formula is C20H34N2O. The van der Waals surface area contributed by atoms with Crippen molar-refractivity contribution in [3.63, 3.8) is 0 Å². The monoisotopic (exact) mass is 318 g/mol. The second kappa shape index (κ2) is 6.82. The Hall–Kier alpha value is -1.06. The van der Waals surface area contributed by atoms with E-state index in [-0.39, 0.29) is 16.9 Å². The first-order valence-corrected chi connectivity index (χ1v) is 8.89. The topological polar surface area (TPSA) is 35.5 Å². The van der Waals surface area contributed by atoms with Crippen LogP contribution in [-0.4, -0.2) is 23.3 Å². The lowest BCUT2D eigenvalue weighted by molar-refractivity contribution is 0.0736. The molecule has 1 aromatic carbocycles. The number of nitrogens with one attached hydrogen (secondary N) is 1. The molecule has 3 heteroatoms. The maximum Gasteiger partial charge on any atom is 0.0371 e. The number of hydrogen-bond donors (Lipinski definition) is 2. The molecular weight excluding hydrogens is 284 g/mol. The van der Waals surface area contributed by atoms with Crippen molar-refractivity contribution in [2.24, 2.45) is 10.8 Å². The van der Waals surface area contributed by atoms with Gasteiger partial charge in [0.15, 0.2) is 0 Å². The average molecular weight is 319 g/mol. The highest BCUT2D eigenvalue weighted by Gasteiger charge is 2.40. The molecule has 0 bridgehead atoms. The summed E-state index contributed by atoms with van der Waals surface area (Å²) in [5.41, 5.74) is 4.17. The summed E-state index contributed by atoms with van der Waals surface area (Å²) in [5.74, 6) is 0. The number of nitrogens with zero attached hydrogens (tertiary/aromatic N) is 1. The number of para-hydroxylation sites is 1. The van der Waals surface area contributed by atoms with Crippen LogP contribution in [0, 0.1) is 10.8 Å². The molecule has 1 fully saturated rings. The fourth-order valence-electron chi connectivity index (χ4n) is 4.45. The van der Waals surface area contributed by atoms with E-state index in [1.165, 1.54) is 5.69 Å². The molecule has 0 radical (unpaired) electrons. The first-order valence-electron chi connectivity index (χ1n) is 8.89. The van der Waals surface area contributed by atoms with Gasteiger partial charge in [0.2, 0.25) is 0 Å². The molecule has 3 unspecified atom stereocenters. The quantitative estimate of drug-likeness (QED) is 0.765. The van der Waals surface area contributed by atoms with Crippen molar-refractivity contribution in [3.05, 3.63) is 30.3 Å². The minimum atomic E-state index is 0.102. The van der Waals surface area contributed by atoms with Crippen LogP contribution in [0.2, 0.25) is 0 Å². The zero-order valence-corrected chi connectivity index (χ0v) is 15.6. The molecule has 0 saturated carbocycles. The van der Waals surface area contributed by atoms with Crippen molar-refractivity contribution in [2.45, 2.75) is 78.9 Å². The van der Waals surface area contributed by atoms with Gasteiger partial charge in [-0.15, -0.1) is 0 Å². The molecule has 3 atom stereocenters. The fraction of sp³-hybridized carbons (Fsp3) is 0.700. The van der Waals surface area contributed by atoms with Gasteiger partial charge in [-0.2, -0.15) is 0 Å². The third kappa shape index (κ3) is 4.27. The van der Waals surface area contributed by atoms with Gasteiger partial charge in [-0.3, -0.25) is 0 Å². The molecule has 1 aliphatic rings. The van der Waals surface area contributed by atoms with Gasteiger partial charge in [0.05, 0.1) is 0 Å². The normalized spacial score (nSPS) is 31.1. The molecule has 2 rings (SSSR count). The predicted molar refractivity (Wildman–Crippen MR) is 98.0 cm³/mol. The summed E-state index contributed by atoms with van der Waals surface area (Å²) in [6.45, 7) is 14.0. The van der Waals surface area contributed by atoms with E-state index in [1.807, 2.05) is 0 Å². The van der Waals surface area contributed by atoms with Gasteiger partial charge in [0.1, 0.15) is 0 Å². The number of anilines is 1. The molecule has 23 heavy (non-hydrogen) atoms. The van der Waals surface area contributed by atoms with Crippen LogP contribution in [0.25, 0.3) is 0 Å². The second-order valence-electron chi connectivity index (χ2n) is 8.86. The van der Waals surface area contributed by atoms with Crippen LogP contribution in [-0.2, 0) is 0 Å². The van der Waals surface area contributed by atoms with E-state index in [9.17, 15) is 5.21 Å². The van der Waals surface area contributed by atoms with Gasteiger partial charge in [-0.25, -0.2) is 5.48 Å². The SMILES string of the molecule is CC1CC(C)(C)CC(NO)CC(C)(C)C(C)N1c1ccccc1. The third-order valence-corrected chi connectivity index (χ3v) is 5.68. The molecule has 0 amide bonds. The van der Waals surface area contributed by atoms with Crippen LogP contribution in [0.1, 0.15) is 60.8 Å². The maximum absolute atomic E-state index is 9.64. The summed E-state index contributed by atoms with van der Waals surface area (Å²) < 4.78 is 0. The Morgan fingerprint density at radius 2 is 1.61 bits per heavy atom. The Morgan fingerprint density at radius 3 is 2.17 bits per heavy atom. The van der Waals surface area contributed by atoms with Gasteiger partial charge in [-0.1, -0.05) is 45.9 Å². The van der Waals surface area contributed by atoms with Crippen molar-refractivity contribution in [3.8, 4) is 0 Å². The number of benzene rings is 1. The van der Waals surface area contributed by atoms with E-state index in [2.05, 4.69) is 82.3 Å². The van der Waals surface area contributed by atoms with Crippen molar-refractivity contribution in [1.82, 2.24) is 5.48 Å². The van der Waals surface area contributed by atoms with Gasteiger partial charge < -0.3 is 10.1 Å². The first-order chi connectivity index (χ1) is 10.7. The van der Waals surface area contributed by atoms with Crippen molar-refractivity contribution in [2.75, 3.05) is 4.90 Å². The predicted octanol–water partition coefficient (Wildman–Crippen LogP) is 4.85. The van der Waals surface area contributed by atoms with Gasteiger partial charge in [0.25, 0.3) is 0 Å². The Labute approximate surface area is 142 Å². The zero-order valence-electron chi connectivity index (χ0n) is 15.6. The molecule has 1 aliphatic heterocycles. The summed E-state index contributed by atoms with van der Waals surface area (Å²) in [7, 11) is 0. The van der Waals surface area contributed by atoms with Crippen LogP contribution in [0.5, 0.6) is 0 Å². The van der Waals surface area contributed by atoms with E-state index in [4.69, 9.17) is 0 Å². The van der Waals surface area contributed by atoms with E-state index < -0.39 is 0 Å². The highest BCUT2D eigenvalue weighted by atomic mass is 16.5. The van der Waals surface area contributed by atoms with Crippen LogP contribution in [0.3, 0.4) is 0 Å². The average Bonchev–Trinajstić information content (AvgIpc) is 2.48. The summed E-state index contributed by atoms with van der Waals surface area (Å²) in [6.07, 6.45) is 3.07. The summed E-state index contributed by atoms with van der Waals surface area (Å²) >= 11 is 0. The molecule has 1 heterocycles. The summed E-state index contributed by atoms with van der Waals surface area (Å²) in [5, 5.41) is 9.64. The van der Waals surface area contributed by atoms with E-state index in [1.54, 1.807) is 0 Å². The minimum absolute atomic E-state index is 0.102. The molecule has 3 nitrogen and oxygen atoms in total. The highest BCUT2D eigenvalue weighted by Crippen LogP contribution is 2.41. The van der Waals surface area contributed by atoms with Gasteiger partial charge in [-0.05, 0) is 56.1 Å². The number of rotatable bonds is 2. The Balaban J connectivity index is 2.44. The smallest absolute Gasteiger partial charge is 0.0371 e. The second-order valence-corrected chi connectivity index (χ2v) is 8.86. The Morgan fingerprint density at radius 1 is 1.00 bits per heavy atom. The van der Waals surface area contributed by atoms with Crippen LogP contribution in [0.15, 0.2) is 30.3 Å². The maximum atomic E-state index is 9.64. The molecule has 0 aromatic heterocycles. The van der Waals surface area contributed by atoms with Gasteiger partial charge in [0, 0.05) is 23.8 Å². The third-order valence-electron chi connectivity index (χ3n) is 5.68. The Kier molecular flexibility index (Phi) is 5.42. The largest absolute Gasteiger partial charge is 0.366 e. The summed E-state index contributed by atoms with van der Waals surface area (Å²) in [6, 6.07) is 11.8. The van der Waals surface area contributed by atoms with Crippen molar-refractivity contribution in [1.29, 1.82) is 0 Å². The lowest BCUT2D eigenvalue weighted by Gasteiger charge is -2.45. The first kappa shape index (κ1) is 18.3. The summed E-state index contributed by atoms with van der Waals surface area (Å²) in [4.78, 5) is 2.58. The fourth-order valence-corrected chi connectivity index (χ4v) is 4.45. The standard InChI is InChI=1S/C20H34N2O/c1-15-12-19(3,4)13-17(21-23)14-20(5,6)16(2)22(15)18-10-8-7-9-11-18/h7-11,15-17,21,23H,12-14H2,1-6H3. The van der Waals surface area contributed by atoms with Crippen molar-refractivity contribution >= 4 is 5.69 Å². The van der Waals surface area contributed by atoms with Crippen molar-refractivity contribution < 1.29 is 5.21 Å². The van der Waals surface area contributed by atoms with E-state index >= 15 is 0 Å². The molecule has 0 aliphatic carbocycles. The van der Waals surface area contributed by atoms with E-state index in [0.717, 1.165) is 19.3 Å².